The van der Waals surface area contributed by atoms with Gasteiger partial charge >= 0.3 is 0 Å². The van der Waals surface area contributed by atoms with Crippen LogP contribution in [0.4, 0.5) is 0 Å². The van der Waals surface area contributed by atoms with Crippen LogP contribution in [0.15, 0.2) is 4.99 Å². The van der Waals surface area contributed by atoms with E-state index in [9.17, 15) is 0 Å². The van der Waals surface area contributed by atoms with Gasteiger partial charge in [-0.3, -0.25) is 4.99 Å². The number of aliphatic imine (C=N–C) groups is 1. The van der Waals surface area contributed by atoms with Crippen molar-refractivity contribution in [3.8, 4) is 0 Å². The van der Waals surface area contributed by atoms with E-state index in [0.29, 0.717) is 5.41 Å². The average molecular weight is 369 g/mol. The van der Waals surface area contributed by atoms with Crippen LogP contribution in [0.5, 0.6) is 0 Å². The molecule has 26 heavy (non-hydrogen) atoms. The summed E-state index contributed by atoms with van der Waals surface area (Å²) in [5.74, 6) is 0.959. The van der Waals surface area contributed by atoms with Gasteiger partial charge in [0.25, 0.3) is 0 Å². The summed E-state index contributed by atoms with van der Waals surface area (Å²) in [5.41, 5.74) is 0.402. The van der Waals surface area contributed by atoms with E-state index in [1.54, 1.807) is 0 Å². The first-order chi connectivity index (χ1) is 12.6. The molecule has 0 aromatic rings. The number of rotatable bonds is 14. The van der Waals surface area contributed by atoms with Gasteiger partial charge in [-0.25, -0.2) is 0 Å². The molecule has 0 aromatic carbocycles. The third kappa shape index (κ3) is 10.4. The largest absolute Gasteiger partial charge is 0.382 e. The van der Waals surface area contributed by atoms with Gasteiger partial charge in [0.1, 0.15) is 0 Å². The van der Waals surface area contributed by atoms with Crippen LogP contribution < -0.4 is 10.6 Å². The molecule has 0 atom stereocenters. The first-order valence-corrected chi connectivity index (χ1v) is 10.8. The van der Waals surface area contributed by atoms with Gasteiger partial charge in [0.2, 0.25) is 0 Å². The molecule has 0 spiro atoms. The van der Waals surface area contributed by atoms with E-state index in [2.05, 4.69) is 41.5 Å². The molecule has 0 aliphatic heterocycles. The third-order valence-corrected chi connectivity index (χ3v) is 5.57. The van der Waals surface area contributed by atoms with Gasteiger partial charge in [-0.2, -0.15) is 0 Å². The second-order valence-corrected chi connectivity index (χ2v) is 8.08. The highest BCUT2D eigenvalue weighted by molar-refractivity contribution is 5.79. The van der Waals surface area contributed by atoms with Crippen LogP contribution in [0.3, 0.4) is 0 Å². The number of guanidine groups is 1. The summed E-state index contributed by atoms with van der Waals surface area (Å²) < 4.78 is 5.61. The van der Waals surface area contributed by atoms with Gasteiger partial charge in [0.05, 0.1) is 0 Å². The maximum Gasteiger partial charge on any atom is 0.190 e. The van der Waals surface area contributed by atoms with Crippen LogP contribution in [0.2, 0.25) is 0 Å². The van der Waals surface area contributed by atoms with Gasteiger partial charge in [-0.15, -0.1) is 0 Å². The Kier molecular flexibility index (Phi) is 12.8. The first kappa shape index (κ1) is 23.2. The second-order valence-electron chi connectivity index (χ2n) is 8.08. The number of hydrogen-bond donors (Lipinski definition) is 2. The Labute approximate surface area is 162 Å². The Balaban J connectivity index is 2.15. The van der Waals surface area contributed by atoms with Crippen LogP contribution in [0, 0.1) is 5.41 Å². The van der Waals surface area contributed by atoms with Gasteiger partial charge < -0.3 is 20.3 Å². The number of hydrogen-bond acceptors (Lipinski definition) is 3. The highest BCUT2D eigenvalue weighted by atomic mass is 16.5. The lowest BCUT2D eigenvalue weighted by Crippen LogP contribution is -2.43. The zero-order valence-electron chi connectivity index (χ0n) is 17.9. The Morgan fingerprint density at radius 3 is 2.38 bits per heavy atom. The zero-order valence-corrected chi connectivity index (χ0v) is 17.9. The minimum Gasteiger partial charge on any atom is -0.382 e. The molecule has 0 heterocycles. The maximum atomic E-state index is 5.61. The quantitative estimate of drug-likeness (QED) is 0.279. The Morgan fingerprint density at radius 1 is 1.04 bits per heavy atom. The number of nitrogens with one attached hydrogen (secondary N) is 2. The van der Waals surface area contributed by atoms with Crippen LogP contribution in [0.25, 0.3) is 0 Å². The monoisotopic (exact) mass is 368 g/mol. The Bertz CT molecular complexity index is 365. The smallest absolute Gasteiger partial charge is 0.190 e. The maximum absolute atomic E-state index is 5.61. The van der Waals surface area contributed by atoms with Crippen molar-refractivity contribution in [3.05, 3.63) is 0 Å². The summed E-state index contributed by atoms with van der Waals surface area (Å²) in [6, 6.07) is 0. The molecule has 0 saturated heterocycles. The van der Waals surface area contributed by atoms with E-state index in [0.717, 1.165) is 38.7 Å². The van der Waals surface area contributed by atoms with Crippen LogP contribution >= 0.6 is 0 Å². The molecular formula is C21H44N4O. The molecule has 2 N–H and O–H groups in total. The van der Waals surface area contributed by atoms with Crippen molar-refractivity contribution in [2.24, 2.45) is 10.4 Å². The van der Waals surface area contributed by atoms with Crippen LogP contribution in [-0.4, -0.2) is 64.9 Å². The summed E-state index contributed by atoms with van der Waals surface area (Å²) in [5, 5.41) is 7.07. The molecule has 1 aliphatic carbocycles. The Morgan fingerprint density at radius 2 is 1.73 bits per heavy atom. The van der Waals surface area contributed by atoms with E-state index in [4.69, 9.17) is 4.74 Å². The highest BCUT2D eigenvalue weighted by Crippen LogP contribution is 2.40. The fourth-order valence-electron chi connectivity index (χ4n) is 3.86. The molecule has 0 unspecified atom stereocenters. The van der Waals surface area contributed by atoms with E-state index in [1.165, 1.54) is 64.3 Å². The predicted octanol–water partition coefficient (Wildman–Crippen LogP) is 3.65. The summed E-state index contributed by atoms with van der Waals surface area (Å²) in [6.07, 6.45) is 13.0. The van der Waals surface area contributed by atoms with Gasteiger partial charge in [-0.05, 0) is 65.1 Å². The van der Waals surface area contributed by atoms with Crippen LogP contribution in [0.1, 0.15) is 71.1 Å². The van der Waals surface area contributed by atoms with Crippen molar-refractivity contribution < 1.29 is 4.74 Å². The standard InChI is InChI=1S/C21H44N4O/c1-5-26-18-15-21(13-9-10-14-21)19-24-20(22-2)23-16-11-7-6-8-12-17-25(3)4/h5-19H2,1-4H3,(H2,22,23,24). The highest BCUT2D eigenvalue weighted by Gasteiger charge is 2.33. The predicted molar refractivity (Wildman–Crippen MR) is 113 cm³/mol. The molecule has 154 valence electrons. The average Bonchev–Trinajstić information content (AvgIpc) is 3.09. The van der Waals surface area contributed by atoms with E-state index in [1.807, 2.05) is 7.05 Å². The third-order valence-electron chi connectivity index (χ3n) is 5.57. The molecule has 0 bridgehead atoms. The van der Waals surface area contributed by atoms with Gasteiger partial charge in [-0.1, -0.05) is 32.1 Å². The fraction of sp³-hybridized carbons (Fsp3) is 0.952. The van der Waals surface area contributed by atoms with E-state index < -0.39 is 0 Å². The van der Waals surface area contributed by atoms with Crippen molar-refractivity contribution in [3.63, 3.8) is 0 Å². The molecule has 1 aliphatic rings. The minimum atomic E-state index is 0.402. The minimum absolute atomic E-state index is 0.402. The molecule has 1 fully saturated rings. The second kappa shape index (κ2) is 14.3. The molecule has 0 amide bonds. The molecule has 1 saturated carbocycles. The van der Waals surface area contributed by atoms with Gasteiger partial charge in [0.15, 0.2) is 5.96 Å². The number of ether oxygens (including phenoxy) is 1. The lowest BCUT2D eigenvalue weighted by molar-refractivity contribution is 0.105. The summed E-state index contributed by atoms with van der Waals surface area (Å²) >= 11 is 0. The van der Waals surface area contributed by atoms with E-state index >= 15 is 0 Å². The van der Waals surface area contributed by atoms with E-state index in [-0.39, 0.29) is 0 Å². The van der Waals surface area contributed by atoms with Crippen molar-refractivity contribution in [1.82, 2.24) is 15.5 Å². The number of unbranched alkanes of at least 4 members (excludes halogenated alkanes) is 4. The molecular weight excluding hydrogens is 324 g/mol. The van der Waals surface area contributed by atoms with Crippen molar-refractivity contribution in [1.29, 1.82) is 0 Å². The van der Waals surface area contributed by atoms with Crippen molar-refractivity contribution >= 4 is 5.96 Å². The molecule has 5 heteroatoms. The lowest BCUT2D eigenvalue weighted by Gasteiger charge is -2.30. The zero-order chi connectivity index (χ0) is 19.1. The fourth-order valence-corrected chi connectivity index (χ4v) is 3.86. The molecule has 0 radical (unpaired) electrons. The summed E-state index contributed by atoms with van der Waals surface area (Å²) in [4.78, 5) is 6.67. The van der Waals surface area contributed by atoms with Crippen molar-refractivity contribution in [2.75, 3.05) is 54.0 Å². The first-order valence-electron chi connectivity index (χ1n) is 10.8. The molecule has 1 rings (SSSR count). The topological polar surface area (TPSA) is 48.9 Å². The molecule has 0 aromatic heterocycles. The number of nitrogens with zero attached hydrogens (tertiary/aromatic N) is 2. The SMILES string of the molecule is CCOCCC1(CNC(=NC)NCCCCCCCN(C)C)CCCC1. The summed E-state index contributed by atoms with van der Waals surface area (Å²) in [7, 11) is 6.17. The summed E-state index contributed by atoms with van der Waals surface area (Å²) in [6.45, 7) is 7.02. The Hall–Kier alpha value is -0.810. The molecule has 5 nitrogen and oxygen atoms in total. The van der Waals surface area contributed by atoms with Crippen LogP contribution in [-0.2, 0) is 4.74 Å². The lowest BCUT2D eigenvalue weighted by atomic mass is 9.83. The normalized spacial score (nSPS) is 17.0. The van der Waals surface area contributed by atoms with Crippen molar-refractivity contribution in [2.45, 2.75) is 71.1 Å². The van der Waals surface area contributed by atoms with Gasteiger partial charge in [0, 0.05) is 33.4 Å².